The molecule has 2 rings (SSSR count). The van der Waals surface area contributed by atoms with E-state index in [1.807, 2.05) is 6.07 Å². The molecule has 1 heterocycles. The SMILES string of the molecule is CCC(C)c1ccc(C(=O)O)c2c1OCC2. The molecular formula is C13H16O3. The molecule has 1 aromatic rings. The van der Waals surface area contributed by atoms with Crippen LogP contribution in [0.15, 0.2) is 12.1 Å². The van der Waals surface area contributed by atoms with Gasteiger partial charge in [-0.1, -0.05) is 19.9 Å². The third kappa shape index (κ3) is 1.66. The molecule has 0 saturated heterocycles. The molecule has 1 atom stereocenters. The maximum Gasteiger partial charge on any atom is 0.336 e. The number of rotatable bonds is 3. The van der Waals surface area contributed by atoms with Gasteiger partial charge >= 0.3 is 5.97 Å². The van der Waals surface area contributed by atoms with Gasteiger partial charge in [-0.15, -0.1) is 0 Å². The van der Waals surface area contributed by atoms with Crippen molar-refractivity contribution < 1.29 is 14.6 Å². The van der Waals surface area contributed by atoms with E-state index >= 15 is 0 Å². The minimum atomic E-state index is -0.863. The summed E-state index contributed by atoms with van der Waals surface area (Å²) < 4.78 is 5.58. The number of hydrogen-bond acceptors (Lipinski definition) is 2. The zero-order valence-electron chi connectivity index (χ0n) is 9.62. The number of ether oxygens (including phenoxy) is 1. The summed E-state index contributed by atoms with van der Waals surface area (Å²) in [6.45, 7) is 4.86. The molecule has 0 bridgehead atoms. The first-order valence-corrected chi connectivity index (χ1v) is 5.67. The third-order valence-corrected chi connectivity index (χ3v) is 3.26. The molecule has 0 aliphatic carbocycles. The minimum Gasteiger partial charge on any atom is -0.493 e. The summed E-state index contributed by atoms with van der Waals surface area (Å²) >= 11 is 0. The van der Waals surface area contributed by atoms with E-state index in [9.17, 15) is 4.79 Å². The van der Waals surface area contributed by atoms with Crippen molar-refractivity contribution in [2.24, 2.45) is 0 Å². The Kier molecular flexibility index (Phi) is 2.86. The van der Waals surface area contributed by atoms with E-state index < -0.39 is 5.97 Å². The molecule has 3 heteroatoms. The lowest BCUT2D eigenvalue weighted by atomic mass is 9.93. The molecule has 0 fully saturated rings. The average molecular weight is 220 g/mol. The van der Waals surface area contributed by atoms with Gasteiger partial charge < -0.3 is 9.84 Å². The molecular weight excluding hydrogens is 204 g/mol. The Morgan fingerprint density at radius 2 is 2.31 bits per heavy atom. The fourth-order valence-electron chi connectivity index (χ4n) is 2.13. The fraction of sp³-hybridized carbons (Fsp3) is 0.462. The number of hydrogen-bond donors (Lipinski definition) is 1. The van der Waals surface area contributed by atoms with Gasteiger partial charge in [0.15, 0.2) is 0 Å². The topological polar surface area (TPSA) is 46.5 Å². The summed E-state index contributed by atoms with van der Waals surface area (Å²) in [6, 6.07) is 3.60. The van der Waals surface area contributed by atoms with Crippen molar-refractivity contribution in [3.63, 3.8) is 0 Å². The predicted octanol–water partition coefficient (Wildman–Crippen LogP) is 2.83. The number of carboxylic acid groups (broad SMARTS) is 1. The zero-order valence-corrected chi connectivity index (χ0v) is 9.62. The van der Waals surface area contributed by atoms with E-state index in [-0.39, 0.29) is 0 Å². The Labute approximate surface area is 95.0 Å². The Morgan fingerprint density at radius 1 is 1.56 bits per heavy atom. The molecule has 1 aliphatic rings. The van der Waals surface area contributed by atoms with Gasteiger partial charge in [-0.25, -0.2) is 4.79 Å². The minimum absolute atomic E-state index is 0.388. The van der Waals surface area contributed by atoms with E-state index in [0.29, 0.717) is 24.5 Å². The molecule has 1 N–H and O–H groups in total. The monoisotopic (exact) mass is 220 g/mol. The maximum absolute atomic E-state index is 11.1. The maximum atomic E-state index is 11.1. The zero-order chi connectivity index (χ0) is 11.7. The second-order valence-corrected chi connectivity index (χ2v) is 4.22. The molecule has 0 amide bonds. The van der Waals surface area contributed by atoms with Gasteiger partial charge in [0.25, 0.3) is 0 Å². The summed E-state index contributed by atoms with van der Waals surface area (Å²) in [7, 11) is 0. The molecule has 16 heavy (non-hydrogen) atoms. The van der Waals surface area contributed by atoms with E-state index in [0.717, 1.165) is 23.3 Å². The number of benzene rings is 1. The van der Waals surface area contributed by atoms with E-state index in [4.69, 9.17) is 9.84 Å². The van der Waals surface area contributed by atoms with E-state index in [1.165, 1.54) is 0 Å². The fourth-order valence-corrected chi connectivity index (χ4v) is 2.13. The van der Waals surface area contributed by atoms with Gasteiger partial charge in [-0.05, 0) is 24.0 Å². The third-order valence-electron chi connectivity index (χ3n) is 3.26. The van der Waals surface area contributed by atoms with Crippen LogP contribution in [-0.4, -0.2) is 17.7 Å². The van der Waals surface area contributed by atoms with Crippen LogP contribution in [0.3, 0.4) is 0 Å². The highest BCUT2D eigenvalue weighted by Gasteiger charge is 2.24. The molecule has 1 aromatic carbocycles. The van der Waals surface area contributed by atoms with Crippen molar-refractivity contribution in [1.29, 1.82) is 0 Å². The van der Waals surface area contributed by atoms with Crippen molar-refractivity contribution in [1.82, 2.24) is 0 Å². The lowest BCUT2D eigenvalue weighted by molar-refractivity contribution is 0.0696. The average Bonchev–Trinajstić information content (AvgIpc) is 2.75. The number of aromatic carboxylic acids is 1. The van der Waals surface area contributed by atoms with Crippen LogP contribution in [0.5, 0.6) is 5.75 Å². The van der Waals surface area contributed by atoms with Crippen LogP contribution in [0.2, 0.25) is 0 Å². The number of fused-ring (bicyclic) bond motifs is 1. The van der Waals surface area contributed by atoms with Crippen molar-refractivity contribution in [3.05, 3.63) is 28.8 Å². The van der Waals surface area contributed by atoms with Gasteiger partial charge in [-0.3, -0.25) is 0 Å². The first-order valence-electron chi connectivity index (χ1n) is 5.67. The predicted molar refractivity (Wildman–Crippen MR) is 61.3 cm³/mol. The lowest BCUT2D eigenvalue weighted by Gasteiger charge is -2.14. The molecule has 1 aliphatic heterocycles. The highest BCUT2D eigenvalue weighted by molar-refractivity contribution is 5.90. The van der Waals surface area contributed by atoms with Crippen molar-refractivity contribution in [2.45, 2.75) is 32.6 Å². The molecule has 0 saturated carbocycles. The van der Waals surface area contributed by atoms with Gasteiger partial charge in [0, 0.05) is 12.0 Å². The van der Waals surface area contributed by atoms with Crippen LogP contribution < -0.4 is 4.74 Å². The largest absolute Gasteiger partial charge is 0.493 e. The molecule has 3 nitrogen and oxygen atoms in total. The first kappa shape index (κ1) is 11.0. The smallest absolute Gasteiger partial charge is 0.336 e. The number of carbonyl (C=O) groups is 1. The normalized spacial score (nSPS) is 15.4. The van der Waals surface area contributed by atoms with E-state index in [2.05, 4.69) is 13.8 Å². The Morgan fingerprint density at radius 3 is 2.94 bits per heavy atom. The van der Waals surface area contributed by atoms with Crippen LogP contribution in [-0.2, 0) is 6.42 Å². The second-order valence-electron chi connectivity index (χ2n) is 4.22. The van der Waals surface area contributed by atoms with Crippen molar-refractivity contribution in [3.8, 4) is 5.75 Å². The van der Waals surface area contributed by atoms with Gasteiger partial charge in [-0.2, -0.15) is 0 Å². The van der Waals surface area contributed by atoms with Crippen molar-refractivity contribution in [2.75, 3.05) is 6.61 Å². The van der Waals surface area contributed by atoms with Gasteiger partial charge in [0.05, 0.1) is 12.2 Å². The van der Waals surface area contributed by atoms with Crippen LogP contribution >= 0.6 is 0 Å². The molecule has 1 unspecified atom stereocenters. The van der Waals surface area contributed by atoms with E-state index in [1.54, 1.807) is 6.07 Å². The van der Waals surface area contributed by atoms with Crippen LogP contribution in [0, 0.1) is 0 Å². The summed E-state index contributed by atoms with van der Waals surface area (Å²) in [5.41, 5.74) is 2.39. The highest BCUT2D eigenvalue weighted by Crippen LogP contribution is 2.37. The summed E-state index contributed by atoms with van der Waals surface area (Å²) in [4.78, 5) is 11.1. The quantitative estimate of drug-likeness (QED) is 0.852. The van der Waals surface area contributed by atoms with Crippen molar-refractivity contribution >= 4 is 5.97 Å². The summed E-state index contributed by atoms with van der Waals surface area (Å²) in [6.07, 6.45) is 1.74. The molecule has 0 aromatic heterocycles. The second kappa shape index (κ2) is 4.16. The van der Waals surface area contributed by atoms with Crippen LogP contribution in [0.1, 0.15) is 47.7 Å². The van der Waals surface area contributed by atoms with Gasteiger partial charge in [0.1, 0.15) is 5.75 Å². The molecule has 0 radical (unpaired) electrons. The molecule has 0 spiro atoms. The highest BCUT2D eigenvalue weighted by atomic mass is 16.5. The Balaban J connectivity index is 2.53. The number of carboxylic acids is 1. The summed E-state index contributed by atoms with van der Waals surface area (Å²) in [5, 5.41) is 9.08. The summed E-state index contributed by atoms with van der Waals surface area (Å²) in [5.74, 6) is 0.362. The van der Waals surface area contributed by atoms with Gasteiger partial charge in [0.2, 0.25) is 0 Å². The Hall–Kier alpha value is -1.51. The van der Waals surface area contributed by atoms with Crippen LogP contribution in [0.25, 0.3) is 0 Å². The lowest BCUT2D eigenvalue weighted by Crippen LogP contribution is -2.03. The Bertz CT molecular complexity index is 423. The molecule has 86 valence electrons. The standard InChI is InChI=1S/C13H16O3/c1-3-8(2)9-4-5-11(13(14)15)10-6-7-16-12(9)10/h4-5,8H,3,6-7H2,1-2H3,(H,14,15). The first-order chi connectivity index (χ1) is 7.65. The van der Waals surface area contributed by atoms with Crippen LogP contribution in [0.4, 0.5) is 0 Å².